The molecule has 2 atom stereocenters. The van der Waals surface area contributed by atoms with Crippen molar-refractivity contribution in [2.24, 2.45) is 5.92 Å². The summed E-state index contributed by atoms with van der Waals surface area (Å²) in [6.07, 6.45) is 1.06. The molecule has 1 amide bonds. The largest absolute Gasteiger partial charge is 0.352 e. The van der Waals surface area contributed by atoms with Crippen LogP contribution in [0.25, 0.3) is 0 Å². The first-order valence-corrected chi connectivity index (χ1v) is 6.57. The molecular formula is C15H19F2NO. The predicted octanol–water partition coefficient (Wildman–Crippen LogP) is 3.16. The molecular weight excluding hydrogens is 248 g/mol. The lowest BCUT2D eigenvalue weighted by Crippen LogP contribution is -2.39. The Kier molecular flexibility index (Phi) is 3.61. The van der Waals surface area contributed by atoms with Crippen LogP contribution < -0.4 is 5.32 Å². The topological polar surface area (TPSA) is 29.1 Å². The number of rotatable bonds is 3. The van der Waals surface area contributed by atoms with E-state index in [1.807, 2.05) is 6.92 Å². The van der Waals surface area contributed by atoms with E-state index in [0.29, 0.717) is 11.5 Å². The molecule has 0 aromatic heterocycles. The second kappa shape index (κ2) is 4.91. The Morgan fingerprint density at radius 3 is 2.42 bits per heavy atom. The van der Waals surface area contributed by atoms with Gasteiger partial charge in [-0.3, -0.25) is 4.79 Å². The number of nitrogens with one attached hydrogen (secondary N) is 1. The molecule has 0 bridgehead atoms. The standard InChI is InChI=1S/C15H19F2NO/c1-9(2)4-13-15(3,8-14(19)18-13)10-5-11(16)7-12(17)6-10/h5-7,9,13H,4,8H2,1-3H3,(H,18,19). The van der Waals surface area contributed by atoms with E-state index >= 15 is 0 Å². The fourth-order valence-corrected chi connectivity index (χ4v) is 2.84. The second-order valence-corrected chi connectivity index (χ2v) is 6.00. The third kappa shape index (κ3) is 2.77. The minimum Gasteiger partial charge on any atom is -0.352 e. The van der Waals surface area contributed by atoms with Gasteiger partial charge in [0.2, 0.25) is 5.91 Å². The maximum Gasteiger partial charge on any atom is 0.221 e. The summed E-state index contributed by atoms with van der Waals surface area (Å²) in [5, 5.41) is 2.93. The van der Waals surface area contributed by atoms with E-state index in [1.54, 1.807) is 0 Å². The Morgan fingerprint density at radius 2 is 1.89 bits per heavy atom. The van der Waals surface area contributed by atoms with E-state index in [1.165, 1.54) is 12.1 Å². The van der Waals surface area contributed by atoms with Crippen molar-refractivity contribution in [1.82, 2.24) is 5.32 Å². The molecule has 1 fully saturated rings. The minimum atomic E-state index is -0.598. The number of hydrogen-bond donors (Lipinski definition) is 1. The van der Waals surface area contributed by atoms with E-state index in [9.17, 15) is 13.6 Å². The monoisotopic (exact) mass is 267 g/mol. The van der Waals surface area contributed by atoms with Crippen LogP contribution in [0.5, 0.6) is 0 Å². The van der Waals surface area contributed by atoms with Crippen LogP contribution >= 0.6 is 0 Å². The molecule has 1 saturated heterocycles. The molecule has 1 aliphatic heterocycles. The first kappa shape index (κ1) is 14.0. The molecule has 0 aliphatic carbocycles. The van der Waals surface area contributed by atoms with Crippen LogP contribution in [-0.4, -0.2) is 11.9 Å². The molecule has 2 nitrogen and oxygen atoms in total. The van der Waals surface area contributed by atoms with E-state index in [-0.39, 0.29) is 18.4 Å². The summed E-state index contributed by atoms with van der Waals surface area (Å²) in [5.74, 6) is -0.850. The van der Waals surface area contributed by atoms with Gasteiger partial charge in [0.15, 0.2) is 0 Å². The van der Waals surface area contributed by atoms with Crippen LogP contribution in [0, 0.1) is 17.6 Å². The first-order chi connectivity index (χ1) is 8.81. The molecule has 1 aliphatic rings. The first-order valence-electron chi connectivity index (χ1n) is 6.57. The van der Waals surface area contributed by atoms with Crippen LogP contribution in [0.2, 0.25) is 0 Å². The molecule has 1 heterocycles. The lowest BCUT2D eigenvalue weighted by molar-refractivity contribution is -0.119. The fraction of sp³-hybridized carbons (Fsp3) is 0.533. The second-order valence-electron chi connectivity index (χ2n) is 6.00. The lowest BCUT2D eigenvalue weighted by atomic mass is 9.73. The maximum absolute atomic E-state index is 13.4. The van der Waals surface area contributed by atoms with Crippen LogP contribution in [-0.2, 0) is 10.2 Å². The van der Waals surface area contributed by atoms with Crippen molar-refractivity contribution >= 4 is 5.91 Å². The normalized spacial score (nSPS) is 26.8. The Labute approximate surface area is 112 Å². The van der Waals surface area contributed by atoms with Gasteiger partial charge in [-0.05, 0) is 30.0 Å². The number of carbonyl (C=O) groups excluding carboxylic acids is 1. The highest BCUT2D eigenvalue weighted by atomic mass is 19.1. The maximum atomic E-state index is 13.4. The Bertz CT molecular complexity index is 481. The van der Waals surface area contributed by atoms with Gasteiger partial charge in [0, 0.05) is 23.9 Å². The zero-order valence-electron chi connectivity index (χ0n) is 11.5. The summed E-state index contributed by atoms with van der Waals surface area (Å²) < 4.78 is 26.8. The van der Waals surface area contributed by atoms with Crippen molar-refractivity contribution in [3.63, 3.8) is 0 Å². The number of benzene rings is 1. The van der Waals surface area contributed by atoms with Crippen LogP contribution in [0.3, 0.4) is 0 Å². The molecule has 4 heteroatoms. The van der Waals surface area contributed by atoms with Crippen molar-refractivity contribution in [1.29, 1.82) is 0 Å². The lowest BCUT2D eigenvalue weighted by Gasteiger charge is -2.32. The quantitative estimate of drug-likeness (QED) is 0.895. The van der Waals surface area contributed by atoms with Crippen molar-refractivity contribution in [3.8, 4) is 0 Å². The molecule has 104 valence electrons. The molecule has 0 radical (unpaired) electrons. The van der Waals surface area contributed by atoms with Gasteiger partial charge in [0.25, 0.3) is 0 Å². The minimum absolute atomic E-state index is 0.0576. The smallest absolute Gasteiger partial charge is 0.221 e. The van der Waals surface area contributed by atoms with Crippen LogP contribution in [0.15, 0.2) is 18.2 Å². The third-order valence-corrected chi connectivity index (χ3v) is 3.86. The Morgan fingerprint density at radius 1 is 1.32 bits per heavy atom. The van der Waals surface area contributed by atoms with Crippen LogP contribution in [0.1, 0.15) is 39.2 Å². The number of amides is 1. The van der Waals surface area contributed by atoms with Crippen LogP contribution in [0.4, 0.5) is 8.78 Å². The van der Waals surface area contributed by atoms with Gasteiger partial charge in [-0.2, -0.15) is 0 Å². The van der Waals surface area contributed by atoms with E-state index in [0.717, 1.165) is 12.5 Å². The van der Waals surface area contributed by atoms with Gasteiger partial charge in [-0.15, -0.1) is 0 Å². The summed E-state index contributed by atoms with van der Waals surface area (Å²) in [5.41, 5.74) is -0.00130. The summed E-state index contributed by atoms with van der Waals surface area (Å²) >= 11 is 0. The van der Waals surface area contributed by atoms with Gasteiger partial charge < -0.3 is 5.32 Å². The zero-order valence-corrected chi connectivity index (χ0v) is 11.5. The van der Waals surface area contributed by atoms with E-state index in [4.69, 9.17) is 0 Å². The summed E-state index contributed by atoms with van der Waals surface area (Å²) in [6.45, 7) is 6.03. The van der Waals surface area contributed by atoms with Crippen molar-refractivity contribution in [3.05, 3.63) is 35.4 Å². The fourth-order valence-electron chi connectivity index (χ4n) is 2.84. The average Bonchev–Trinajstić information content (AvgIpc) is 2.52. The number of hydrogen-bond acceptors (Lipinski definition) is 1. The molecule has 0 spiro atoms. The van der Waals surface area contributed by atoms with E-state index in [2.05, 4.69) is 19.2 Å². The molecule has 2 rings (SSSR count). The molecule has 19 heavy (non-hydrogen) atoms. The van der Waals surface area contributed by atoms with Gasteiger partial charge in [-0.25, -0.2) is 8.78 Å². The van der Waals surface area contributed by atoms with E-state index < -0.39 is 17.0 Å². The van der Waals surface area contributed by atoms with Gasteiger partial charge >= 0.3 is 0 Å². The zero-order chi connectivity index (χ0) is 14.2. The highest BCUT2D eigenvalue weighted by Crippen LogP contribution is 2.38. The Hall–Kier alpha value is -1.45. The van der Waals surface area contributed by atoms with Crippen molar-refractivity contribution < 1.29 is 13.6 Å². The predicted molar refractivity (Wildman–Crippen MR) is 69.7 cm³/mol. The Balaban J connectivity index is 2.40. The van der Waals surface area contributed by atoms with Gasteiger partial charge in [-0.1, -0.05) is 20.8 Å². The highest BCUT2D eigenvalue weighted by molar-refractivity contribution is 5.81. The summed E-state index contributed by atoms with van der Waals surface area (Å²) in [6, 6.07) is 3.43. The summed E-state index contributed by atoms with van der Waals surface area (Å²) in [7, 11) is 0. The van der Waals surface area contributed by atoms with Crippen molar-refractivity contribution in [2.75, 3.05) is 0 Å². The summed E-state index contributed by atoms with van der Waals surface area (Å²) in [4.78, 5) is 11.7. The van der Waals surface area contributed by atoms with Crippen molar-refractivity contribution in [2.45, 2.75) is 45.1 Å². The number of carbonyl (C=O) groups is 1. The molecule has 1 N–H and O–H groups in total. The third-order valence-electron chi connectivity index (χ3n) is 3.86. The molecule has 1 aromatic carbocycles. The molecule has 2 unspecified atom stereocenters. The van der Waals surface area contributed by atoms with Gasteiger partial charge in [0.1, 0.15) is 11.6 Å². The molecule has 0 saturated carbocycles. The van der Waals surface area contributed by atoms with Gasteiger partial charge in [0.05, 0.1) is 0 Å². The average molecular weight is 267 g/mol. The highest BCUT2D eigenvalue weighted by Gasteiger charge is 2.44. The molecule has 1 aromatic rings. The SMILES string of the molecule is CC(C)CC1NC(=O)CC1(C)c1cc(F)cc(F)c1. The number of halogens is 2.